The number of hydrazone groups is 1. The number of hydrogen-bond acceptors (Lipinski definition) is 4. The molecule has 1 atom stereocenters. The lowest BCUT2D eigenvalue weighted by atomic mass is 9.84. The molecule has 0 spiro atoms. The number of ether oxygens (including phenoxy) is 1. The second-order valence-corrected chi connectivity index (χ2v) is 9.60. The molecule has 0 unspecified atom stereocenters. The molecule has 1 fully saturated rings. The fourth-order valence-electron chi connectivity index (χ4n) is 4.50. The fourth-order valence-corrected chi connectivity index (χ4v) is 4.50. The second kappa shape index (κ2) is 10.5. The highest BCUT2D eigenvalue weighted by Gasteiger charge is 2.36. The number of rotatable bonds is 8. The van der Waals surface area contributed by atoms with Crippen LogP contribution in [0, 0.1) is 26.7 Å². The van der Waals surface area contributed by atoms with Crippen LogP contribution in [-0.4, -0.2) is 54.2 Å². The molecule has 0 saturated heterocycles. The molecule has 6 heteroatoms. The van der Waals surface area contributed by atoms with Crippen molar-refractivity contribution >= 4 is 17.5 Å². The topological polar surface area (TPSA) is 62.2 Å². The highest BCUT2D eigenvalue weighted by molar-refractivity contribution is 6.03. The van der Waals surface area contributed by atoms with E-state index in [4.69, 9.17) is 9.84 Å². The summed E-state index contributed by atoms with van der Waals surface area (Å²) in [5.74, 6) is -0.0694. The summed E-state index contributed by atoms with van der Waals surface area (Å²) in [6.07, 6.45) is 3.53. The molecule has 6 nitrogen and oxygen atoms in total. The molecule has 1 saturated carbocycles. The largest absolute Gasteiger partial charge is 0.383 e. The molecule has 1 aliphatic carbocycles. The minimum atomic E-state index is -0.187. The Labute approximate surface area is 202 Å². The van der Waals surface area contributed by atoms with Gasteiger partial charge in [-0.2, -0.15) is 5.10 Å². The number of nitrogens with zero attached hydrogens (tertiary/aromatic N) is 3. The highest BCUT2D eigenvalue weighted by atomic mass is 16.5. The monoisotopic (exact) mass is 461 g/mol. The molecule has 4 rings (SSSR count). The van der Waals surface area contributed by atoms with Crippen LogP contribution in [0.5, 0.6) is 0 Å². The minimum absolute atomic E-state index is 0.0186. The van der Waals surface area contributed by atoms with Gasteiger partial charge in [-0.15, -0.1) is 0 Å². The van der Waals surface area contributed by atoms with Crippen LogP contribution in [0.15, 0.2) is 47.6 Å². The average molecular weight is 462 g/mol. The maximum Gasteiger partial charge on any atom is 0.262 e. The van der Waals surface area contributed by atoms with Gasteiger partial charge in [-0.1, -0.05) is 48.4 Å². The van der Waals surface area contributed by atoms with Crippen molar-refractivity contribution in [3.8, 4) is 0 Å². The van der Waals surface area contributed by atoms with Crippen molar-refractivity contribution < 1.29 is 14.3 Å². The third-order valence-electron chi connectivity index (χ3n) is 7.13. The molecule has 2 amide bonds. The Bertz CT molecular complexity index is 1070. The smallest absolute Gasteiger partial charge is 0.262 e. The van der Waals surface area contributed by atoms with Crippen molar-refractivity contribution in [3.63, 3.8) is 0 Å². The van der Waals surface area contributed by atoms with E-state index in [0.717, 1.165) is 36.1 Å². The third-order valence-corrected chi connectivity index (χ3v) is 7.13. The van der Waals surface area contributed by atoms with Gasteiger partial charge in [0.25, 0.3) is 5.91 Å². The molecule has 0 radical (unpaired) electrons. The lowest BCUT2D eigenvalue weighted by Crippen LogP contribution is -2.46. The van der Waals surface area contributed by atoms with E-state index in [1.807, 2.05) is 0 Å². The van der Waals surface area contributed by atoms with E-state index in [1.165, 1.54) is 16.7 Å². The van der Waals surface area contributed by atoms with Crippen molar-refractivity contribution in [2.75, 3.05) is 26.8 Å². The highest BCUT2D eigenvalue weighted by Crippen LogP contribution is 2.34. The quantitative estimate of drug-likeness (QED) is 0.579. The van der Waals surface area contributed by atoms with Crippen LogP contribution in [0.2, 0.25) is 0 Å². The van der Waals surface area contributed by atoms with E-state index in [-0.39, 0.29) is 30.3 Å². The first-order valence-electron chi connectivity index (χ1n) is 12.2. The van der Waals surface area contributed by atoms with Gasteiger partial charge in [-0.25, -0.2) is 5.01 Å². The van der Waals surface area contributed by atoms with Gasteiger partial charge in [0.15, 0.2) is 0 Å². The Kier molecular flexibility index (Phi) is 7.47. The van der Waals surface area contributed by atoms with Crippen LogP contribution >= 0.6 is 0 Å². The molecule has 1 heterocycles. The predicted octanol–water partition coefficient (Wildman–Crippen LogP) is 4.56. The first-order chi connectivity index (χ1) is 16.4. The van der Waals surface area contributed by atoms with Gasteiger partial charge in [0.1, 0.15) is 6.54 Å². The van der Waals surface area contributed by atoms with E-state index in [1.54, 1.807) is 17.0 Å². The van der Waals surface area contributed by atoms with Crippen LogP contribution in [0.4, 0.5) is 0 Å². The van der Waals surface area contributed by atoms with Crippen LogP contribution in [0.3, 0.4) is 0 Å². The number of carbonyl (C=O) groups is 2. The molecule has 180 valence electrons. The first kappa shape index (κ1) is 24.1. The molecule has 2 aromatic carbocycles. The first-order valence-corrected chi connectivity index (χ1v) is 12.2. The number of benzene rings is 2. The Morgan fingerprint density at radius 1 is 1.06 bits per heavy atom. The van der Waals surface area contributed by atoms with E-state index in [0.29, 0.717) is 19.6 Å². The summed E-state index contributed by atoms with van der Waals surface area (Å²) < 4.78 is 5.21. The Morgan fingerprint density at radius 2 is 1.79 bits per heavy atom. The summed E-state index contributed by atoms with van der Waals surface area (Å²) in [5, 5.41) is 6.41. The normalized spacial score (nSPS) is 17.9. The summed E-state index contributed by atoms with van der Waals surface area (Å²) in [7, 11) is 1.61. The summed E-state index contributed by atoms with van der Waals surface area (Å²) in [5.41, 5.74) is 6.59. The number of amides is 2. The van der Waals surface area contributed by atoms with Crippen molar-refractivity contribution in [1.29, 1.82) is 0 Å². The fraction of sp³-hybridized carbons (Fsp3) is 0.464. The minimum Gasteiger partial charge on any atom is -0.383 e. The molecule has 34 heavy (non-hydrogen) atoms. The SMILES string of the molecule is COCCN(CC(=O)N1N=C(c2ccc(C)c(C)c2)C[C@@H]1c1ccc(C)cc1)C(=O)C1CCC1. The molecule has 1 aliphatic heterocycles. The maximum atomic E-state index is 13.6. The van der Waals surface area contributed by atoms with Crippen molar-refractivity contribution in [3.05, 3.63) is 70.3 Å². The summed E-state index contributed by atoms with van der Waals surface area (Å²) >= 11 is 0. The molecular formula is C28H35N3O3. The molecule has 0 aromatic heterocycles. The molecule has 0 bridgehead atoms. The van der Waals surface area contributed by atoms with Gasteiger partial charge in [-0.3, -0.25) is 9.59 Å². The summed E-state index contributed by atoms with van der Waals surface area (Å²) in [4.78, 5) is 28.2. The third kappa shape index (κ3) is 5.22. The number of aryl methyl sites for hydroxylation is 3. The number of hydrogen-bond donors (Lipinski definition) is 0. The summed E-state index contributed by atoms with van der Waals surface area (Å²) in [6, 6.07) is 14.4. The second-order valence-electron chi connectivity index (χ2n) is 9.60. The Balaban J connectivity index is 1.61. The maximum absolute atomic E-state index is 13.6. The molecule has 0 N–H and O–H groups in total. The molecule has 2 aliphatic rings. The molecule has 2 aromatic rings. The zero-order chi connectivity index (χ0) is 24.2. The van der Waals surface area contributed by atoms with Gasteiger partial charge < -0.3 is 9.64 Å². The van der Waals surface area contributed by atoms with Crippen LogP contribution in [0.1, 0.15) is 59.5 Å². The standard InChI is InChI=1S/C28H35N3O3/c1-19-8-11-22(12-9-19)26-17-25(24-13-10-20(2)21(3)16-24)29-31(26)27(32)18-30(14-15-34-4)28(33)23-6-5-7-23/h8-13,16,23,26H,5-7,14-15,17-18H2,1-4H3/t26-/m1/s1. The Hall–Kier alpha value is -2.99. The van der Waals surface area contributed by atoms with E-state index < -0.39 is 0 Å². The Morgan fingerprint density at radius 3 is 2.41 bits per heavy atom. The van der Waals surface area contributed by atoms with Crippen LogP contribution in [0.25, 0.3) is 0 Å². The lowest BCUT2D eigenvalue weighted by Gasteiger charge is -2.32. The van der Waals surface area contributed by atoms with Crippen LogP contribution < -0.4 is 0 Å². The molecular weight excluding hydrogens is 426 g/mol. The number of carbonyl (C=O) groups excluding carboxylic acids is 2. The zero-order valence-electron chi connectivity index (χ0n) is 20.7. The zero-order valence-corrected chi connectivity index (χ0v) is 20.7. The van der Waals surface area contributed by atoms with Gasteiger partial charge in [-0.05, 0) is 61.9 Å². The van der Waals surface area contributed by atoms with Gasteiger partial charge in [0, 0.05) is 26.0 Å². The lowest BCUT2D eigenvalue weighted by molar-refractivity contribution is -0.146. The number of methoxy groups -OCH3 is 1. The van der Waals surface area contributed by atoms with E-state index in [9.17, 15) is 9.59 Å². The van der Waals surface area contributed by atoms with Crippen molar-refractivity contribution in [1.82, 2.24) is 9.91 Å². The van der Waals surface area contributed by atoms with Gasteiger partial charge in [0.2, 0.25) is 5.91 Å². The van der Waals surface area contributed by atoms with Crippen LogP contribution in [-0.2, 0) is 14.3 Å². The van der Waals surface area contributed by atoms with E-state index >= 15 is 0 Å². The van der Waals surface area contributed by atoms with Gasteiger partial charge >= 0.3 is 0 Å². The van der Waals surface area contributed by atoms with E-state index in [2.05, 4.69) is 63.2 Å². The van der Waals surface area contributed by atoms with Crippen molar-refractivity contribution in [2.24, 2.45) is 11.0 Å². The average Bonchev–Trinajstić information content (AvgIpc) is 3.23. The predicted molar refractivity (Wildman–Crippen MR) is 134 cm³/mol. The van der Waals surface area contributed by atoms with Gasteiger partial charge in [0.05, 0.1) is 18.4 Å². The van der Waals surface area contributed by atoms with Crippen molar-refractivity contribution in [2.45, 2.75) is 52.5 Å². The summed E-state index contributed by atoms with van der Waals surface area (Å²) in [6.45, 7) is 7.07.